The fourth-order valence-electron chi connectivity index (χ4n) is 1.58. The van der Waals surface area contributed by atoms with Gasteiger partial charge in [0.05, 0.1) is 0 Å². The summed E-state index contributed by atoms with van der Waals surface area (Å²) in [6.45, 7) is 0.0776. The average molecular weight is 316 g/mol. The van der Waals surface area contributed by atoms with Gasteiger partial charge in [0.15, 0.2) is 10.8 Å². The summed E-state index contributed by atoms with van der Waals surface area (Å²) >= 11 is 0.502. The number of nitrogen functional groups attached to an aromatic ring is 2. The zero-order valence-electron chi connectivity index (χ0n) is 10.6. The third-order valence-corrected chi connectivity index (χ3v) is 3.43. The topological polar surface area (TPSA) is 94.0 Å². The number of carbonyl (C=O) groups is 1. The molecule has 5 nitrogen and oxygen atoms in total. The normalized spacial score (nSPS) is 11.4. The highest BCUT2D eigenvalue weighted by molar-refractivity contribution is 7.17. The molecule has 1 amide bonds. The van der Waals surface area contributed by atoms with Gasteiger partial charge in [-0.15, -0.1) is 0 Å². The van der Waals surface area contributed by atoms with Gasteiger partial charge < -0.3 is 16.8 Å². The molecule has 112 valence electrons. The molecule has 2 aromatic rings. The van der Waals surface area contributed by atoms with Crippen LogP contribution in [0.25, 0.3) is 0 Å². The first-order chi connectivity index (χ1) is 9.77. The number of anilines is 2. The lowest BCUT2D eigenvalue weighted by molar-refractivity contribution is -0.141. The number of hydrogen-bond acceptors (Lipinski definition) is 5. The van der Waals surface area contributed by atoms with E-state index in [2.05, 4.69) is 10.3 Å². The Morgan fingerprint density at radius 2 is 1.86 bits per heavy atom. The zero-order valence-corrected chi connectivity index (χ0v) is 11.4. The molecule has 0 atom stereocenters. The van der Waals surface area contributed by atoms with Gasteiger partial charge in [-0.05, 0) is 17.7 Å². The number of thiazole rings is 1. The van der Waals surface area contributed by atoms with Crippen molar-refractivity contribution in [2.75, 3.05) is 11.5 Å². The Morgan fingerprint density at radius 1 is 1.24 bits per heavy atom. The van der Waals surface area contributed by atoms with Crippen LogP contribution in [0.1, 0.15) is 20.9 Å². The third kappa shape index (κ3) is 3.63. The van der Waals surface area contributed by atoms with Crippen LogP contribution in [0.5, 0.6) is 0 Å². The van der Waals surface area contributed by atoms with E-state index in [1.54, 1.807) is 24.3 Å². The van der Waals surface area contributed by atoms with E-state index in [0.29, 0.717) is 22.6 Å². The molecule has 1 aromatic heterocycles. The third-order valence-electron chi connectivity index (χ3n) is 2.55. The maximum atomic E-state index is 12.7. The van der Waals surface area contributed by atoms with E-state index in [-0.39, 0.29) is 11.7 Å². The lowest BCUT2D eigenvalue weighted by atomic mass is 10.2. The van der Waals surface area contributed by atoms with Crippen LogP contribution in [0.2, 0.25) is 0 Å². The highest BCUT2D eigenvalue weighted by atomic mass is 32.1. The van der Waals surface area contributed by atoms with Crippen molar-refractivity contribution < 1.29 is 18.0 Å². The number of alkyl halides is 3. The van der Waals surface area contributed by atoms with Gasteiger partial charge in [-0.1, -0.05) is 23.5 Å². The Kier molecular flexibility index (Phi) is 4.03. The predicted octanol–water partition coefficient (Wildman–Crippen LogP) is 2.26. The van der Waals surface area contributed by atoms with Crippen LogP contribution < -0.4 is 16.8 Å². The predicted molar refractivity (Wildman–Crippen MR) is 73.6 cm³/mol. The van der Waals surface area contributed by atoms with Gasteiger partial charge in [0.2, 0.25) is 0 Å². The molecule has 0 radical (unpaired) electrons. The smallest absolute Gasteiger partial charge is 0.399 e. The largest absolute Gasteiger partial charge is 0.435 e. The van der Waals surface area contributed by atoms with Gasteiger partial charge in [0.1, 0.15) is 4.88 Å². The number of nitrogens with one attached hydrogen (secondary N) is 1. The Hall–Kier alpha value is -2.29. The van der Waals surface area contributed by atoms with E-state index in [9.17, 15) is 18.0 Å². The maximum absolute atomic E-state index is 12.7. The Morgan fingerprint density at radius 3 is 2.43 bits per heavy atom. The van der Waals surface area contributed by atoms with Crippen LogP contribution in [0.4, 0.5) is 24.0 Å². The van der Waals surface area contributed by atoms with Gasteiger partial charge in [0.25, 0.3) is 5.91 Å². The molecule has 0 saturated heterocycles. The van der Waals surface area contributed by atoms with Gasteiger partial charge in [-0.25, -0.2) is 4.98 Å². The molecule has 2 rings (SSSR count). The van der Waals surface area contributed by atoms with Crippen molar-refractivity contribution in [1.29, 1.82) is 0 Å². The number of hydrogen-bond donors (Lipinski definition) is 3. The molecule has 0 fully saturated rings. The van der Waals surface area contributed by atoms with Gasteiger partial charge in [-0.3, -0.25) is 4.79 Å². The van der Waals surface area contributed by atoms with E-state index in [0.717, 1.165) is 0 Å². The molecule has 21 heavy (non-hydrogen) atoms. The summed E-state index contributed by atoms with van der Waals surface area (Å²) < 4.78 is 38.2. The Balaban J connectivity index is 2.12. The van der Waals surface area contributed by atoms with Crippen molar-refractivity contribution in [2.45, 2.75) is 12.7 Å². The van der Waals surface area contributed by atoms with Crippen LogP contribution in [0, 0.1) is 0 Å². The van der Waals surface area contributed by atoms with Crippen molar-refractivity contribution in [2.24, 2.45) is 0 Å². The number of carbonyl (C=O) groups excluding carboxylic acids is 1. The number of nitrogens with zero attached hydrogens (tertiary/aromatic N) is 1. The van der Waals surface area contributed by atoms with Crippen molar-refractivity contribution in [1.82, 2.24) is 10.3 Å². The fourth-order valence-corrected chi connectivity index (χ4v) is 2.35. The number of nitrogens with two attached hydrogens (primary N) is 2. The molecule has 0 bridgehead atoms. The van der Waals surface area contributed by atoms with E-state index in [1.807, 2.05) is 0 Å². The average Bonchev–Trinajstić information content (AvgIpc) is 2.80. The molecule has 0 spiro atoms. The van der Waals surface area contributed by atoms with Crippen LogP contribution in [-0.4, -0.2) is 10.9 Å². The minimum Gasteiger partial charge on any atom is -0.399 e. The van der Waals surface area contributed by atoms with Crippen LogP contribution in [-0.2, 0) is 12.7 Å². The summed E-state index contributed by atoms with van der Waals surface area (Å²) in [6, 6.07) is 6.60. The highest BCUT2D eigenvalue weighted by Gasteiger charge is 2.39. The second-order valence-electron chi connectivity index (χ2n) is 4.15. The Bertz CT molecular complexity index is 652. The molecule has 1 heterocycles. The molecule has 0 unspecified atom stereocenters. The van der Waals surface area contributed by atoms with E-state index >= 15 is 0 Å². The van der Waals surface area contributed by atoms with E-state index in [1.165, 1.54) is 0 Å². The molecular formula is C12H11F3N4OS. The monoisotopic (exact) mass is 316 g/mol. The molecule has 0 aliphatic rings. The first-order valence-electron chi connectivity index (χ1n) is 5.73. The summed E-state index contributed by atoms with van der Waals surface area (Å²) in [6.07, 6.45) is -4.72. The molecule has 0 aliphatic carbocycles. The lowest BCUT2D eigenvalue weighted by Crippen LogP contribution is -2.24. The Labute approximate surface area is 121 Å². The number of halogens is 3. The fraction of sp³-hybridized carbons (Fsp3) is 0.167. The SMILES string of the molecule is Nc1ccc(CNC(=O)c2sc(N)nc2C(F)(F)F)cc1. The second kappa shape index (κ2) is 5.60. The maximum Gasteiger partial charge on any atom is 0.435 e. The summed E-state index contributed by atoms with van der Waals surface area (Å²) in [5.74, 6) is -0.867. The number of aromatic nitrogens is 1. The first-order valence-corrected chi connectivity index (χ1v) is 6.55. The van der Waals surface area contributed by atoms with Gasteiger partial charge >= 0.3 is 6.18 Å². The van der Waals surface area contributed by atoms with Crippen LogP contribution in [0.3, 0.4) is 0 Å². The lowest BCUT2D eigenvalue weighted by Gasteiger charge is -2.07. The minimum absolute atomic E-state index is 0.0776. The number of benzene rings is 1. The summed E-state index contributed by atoms with van der Waals surface area (Å²) in [5.41, 5.74) is 10.8. The standard InChI is InChI=1S/C12H11F3N4OS/c13-12(14,15)9-8(21-11(17)19-9)10(20)18-5-6-1-3-7(16)4-2-6/h1-4H,5,16H2,(H2,17,19)(H,18,20). The highest BCUT2D eigenvalue weighted by Crippen LogP contribution is 2.35. The van der Waals surface area contributed by atoms with E-state index < -0.39 is 22.7 Å². The quantitative estimate of drug-likeness (QED) is 0.757. The van der Waals surface area contributed by atoms with Crippen molar-refractivity contribution in [3.63, 3.8) is 0 Å². The molecule has 0 saturated carbocycles. The second-order valence-corrected chi connectivity index (χ2v) is 5.18. The van der Waals surface area contributed by atoms with Crippen molar-refractivity contribution in [3.8, 4) is 0 Å². The number of amides is 1. The summed E-state index contributed by atoms with van der Waals surface area (Å²) in [4.78, 5) is 14.5. The van der Waals surface area contributed by atoms with Crippen LogP contribution in [0.15, 0.2) is 24.3 Å². The number of rotatable bonds is 3. The molecule has 9 heteroatoms. The van der Waals surface area contributed by atoms with Crippen molar-refractivity contribution >= 4 is 28.1 Å². The van der Waals surface area contributed by atoms with Gasteiger partial charge in [0, 0.05) is 12.2 Å². The molecule has 5 N–H and O–H groups in total. The first kappa shape index (κ1) is 15.1. The van der Waals surface area contributed by atoms with Crippen molar-refractivity contribution in [3.05, 3.63) is 40.4 Å². The zero-order chi connectivity index (χ0) is 15.6. The van der Waals surface area contributed by atoms with Gasteiger partial charge in [-0.2, -0.15) is 13.2 Å². The molecule has 0 aliphatic heterocycles. The summed E-state index contributed by atoms with van der Waals surface area (Å²) in [7, 11) is 0. The molecule has 1 aromatic carbocycles. The summed E-state index contributed by atoms with van der Waals surface area (Å²) in [5, 5.41) is 2.09. The molecular weight excluding hydrogens is 305 g/mol. The van der Waals surface area contributed by atoms with E-state index in [4.69, 9.17) is 11.5 Å². The van der Waals surface area contributed by atoms with Crippen LogP contribution >= 0.6 is 11.3 Å². The minimum atomic E-state index is -4.72.